The Morgan fingerprint density at radius 1 is 1.06 bits per heavy atom. The van der Waals surface area contributed by atoms with Crippen molar-refractivity contribution >= 4 is 34.1 Å². The van der Waals surface area contributed by atoms with Gasteiger partial charge >= 0.3 is 0 Å². The number of nitrogens with one attached hydrogen (secondary N) is 2. The number of ether oxygens (including phenoxy) is 1. The quantitative estimate of drug-likeness (QED) is 0.434. The van der Waals surface area contributed by atoms with E-state index in [4.69, 9.17) is 9.15 Å². The molecule has 31 heavy (non-hydrogen) atoms. The molecule has 0 spiro atoms. The fourth-order valence-electron chi connectivity index (χ4n) is 2.59. The van der Waals surface area contributed by atoms with Crippen LogP contribution in [0.15, 0.2) is 71.0 Å². The number of carbonyl (C=O) groups is 2. The summed E-state index contributed by atoms with van der Waals surface area (Å²) in [5.41, 5.74) is 1.47. The number of amides is 2. The second-order valence-corrected chi connectivity index (χ2v) is 7.15. The molecular formula is C21H17N5O4S. The van der Waals surface area contributed by atoms with E-state index in [-0.39, 0.29) is 18.1 Å². The zero-order chi connectivity index (χ0) is 21.5. The highest BCUT2D eigenvalue weighted by atomic mass is 32.1. The van der Waals surface area contributed by atoms with Gasteiger partial charge in [-0.05, 0) is 42.0 Å². The molecule has 4 heterocycles. The monoisotopic (exact) mass is 435 g/mol. The average molecular weight is 435 g/mol. The molecule has 156 valence electrons. The highest BCUT2D eigenvalue weighted by molar-refractivity contribution is 7.14. The lowest BCUT2D eigenvalue weighted by molar-refractivity contribution is -0.115. The molecule has 0 aromatic carbocycles. The van der Waals surface area contributed by atoms with Crippen molar-refractivity contribution < 1.29 is 18.7 Å². The molecule has 10 heteroatoms. The lowest BCUT2D eigenvalue weighted by Crippen LogP contribution is -2.16. The van der Waals surface area contributed by atoms with Crippen molar-refractivity contribution in [3.63, 3.8) is 0 Å². The van der Waals surface area contributed by atoms with Gasteiger partial charge in [0.1, 0.15) is 6.61 Å². The second kappa shape index (κ2) is 9.63. The normalized spacial score (nSPS) is 10.5. The number of furan rings is 1. The van der Waals surface area contributed by atoms with Gasteiger partial charge in [-0.1, -0.05) is 0 Å². The van der Waals surface area contributed by atoms with Gasteiger partial charge < -0.3 is 14.5 Å². The zero-order valence-corrected chi connectivity index (χ0v) is 17.0. The van der Waals surface area contributed by atoms with Gasteiger partial charge in [0.15, 0.2) is 22.5 Å². The van der Waals surface area contributed by atoms with Crippen molar-refractivity contribution in [2.24, 2.45) is 0 Å². The van der Waals surface area contributed by atoms with Crippen molar-refractivity contribution in [2.75, 3.05) is 10.6 Å². The van der Waals surface area contributed by atoms with Crippen LogP contribution < -0.4 is 15.4 Å². The van der Waals surface area contributed by atoms with E-state index in [0.717, 1.165) is 5.56 Å². The molecule has 0 aliphatic heterocycles. The molecule has 4 aromatic heterocycles. The van der Waals surface area contributed by atoms with E-state index in [0.29, 0.717) is 29.0 Å². The Labute approximate surface area is 181 Å². The fourth-order valence-corrected chi connectivity index (χ4v) is 3.30. The largest absolute Gasteiger partial charge is 0.485 e. The molecule has 2 amide bonds. The molecule has 0 saturated carbocycles. The molecular weight excluding hydrogens is 418 g/mol. The van der Waals surface area contributed by atoms with Crippen LogP contribution in [0.25, 0.3) is 0 Å². The van der Waals surface area contributed by atoms with Crippen LogP contribution in [0.2, 0.25) is 0 Å². The summed E-state index contributed by atoms with van der Waals surface area (Å²) in [5.74, 6) is 0.255. The third kappa shape index (κ3) is 5.52. The number of nitrogens with zero attached hydrogens (tertiary/aromatic N) is 3. The molecule has 0 atom stereocenters. The molecule has 0 fully saturated rings. The topological polar surface area (TPSA) is 119 Å². The van der Waals surface area contributed by atoms with Gasteiger partial charge in [0.25, 0.3) is 5.91 Å². The molecule has 0 bridgehead atoms. The summed E-state index contributed by atoms with van der Waals surface area (Å²) in [7, 11) is 0. The average Bonchev–Trinajstić information content (AvgIpc) is 3.46. The van der Waals surface area contributed by atoms with Gasteiger partial charge in [-0.15, -0.1) is 11.3 Å². The standard InChI is InChI=1S/C21H17N5O4S/c27-18(11-15-13-31-21(24-15)26-20(28)17-4-2-10-29-17)25-19-16(3-1-7-23-19)30-12-14-5-8-22-9-6-14/h1-10,13H,11-12H2,(H,23,25,27)(H,24,26,28). The van der Waals surface area contributed by atoms with Gasteiger partial charge in [-0.3, -0.25) is 19.9 Å². The Hall–Kier alpha value is -4.05. The maximum atomic E-state index is 12.5. The summed E-state index contributed by atoms with van der Waals surface area (Å²) in [6.07, 6.45) is 6.38. The number of anilines is 2. The molecule has 9 nitrogen and oxygen atoms in total. The van der Waals surface area contributed by atoms with Crippen LogP contribution in [0.3, 0.4) is 0 Å². The second-order valence-electron chi connectivity index (χ2n) is 6.29. The van der Waals surface area contributed by atoms with E-state index in [1.54, 1.807) is 48.2 Å². The first-order valence-corrected chi connectivity index (χ1v) is 10.1. The van der Waals surface area contributed by atoms with Crippen LogP contribution in [0.4, 0.5) is 10.9 Å². The van der Waals surface area contributed by atoms with E-state index < -0.39 is 5.91 Å². The van der Waals surface area contributed by atoms with Crippen molar-refractivity contribution in [1.29, 1.82) is 0 Å². The van der Waals surface area contributed by atoms with Crippen LogP contribution in [-0.4, -0.2) is 26.8 Å². The summed E-state index contributed by atoms with van der Waals surface area (Å²) >= 11 is 1.22. The van der Waals surface area contributed by atoms with Crippen LogP contribution in [0, 0.1) is 0 Å². The summed E-state index contributed by atoms with van der Waals surface area (Å²) in [5, 5.41) is 7.46. The van der Waals surface area contributed by atoms with Gasteiger partial charge in [-0.25, -0.2) is 9.97 Å². The molecule has 0 unspecified atom stereocenters. The van der Waals surface area contributed by atoms with Crippen molar-refractivity contribution in [3.05, 3.63) is 83.6 Å². The third-order valence-electron chi connectivity index (χ3n) is 4.03. The van der Waals surface area contributed by atoms with E-state index in [1.807, 2.05) is 12.1 Å². The van der Waals surface area contributed by atoms with Gasteiger partial charge in [-0.2, -0.15) is 0 Å². The number of hydrogen-bond acceptors (Lipinski definition) is 8. The van der Waals surface area contributed by atoms with Crippen LogP contribution in [-0.2, 0) is 17.8 Å². The molecule has 2 N–H and O–H groups in total. The maximum Gasteiger partial charge on any atom is 0.293 e. The SMILES string of the molecule is O=C(Cc1csc(NC(=O)c2ccco2)n1)Nc1ncccc1OCc1ccncc1. The zero-order valence-electron chi connectivity index (χ0n) is 16.1. The first kappa shape index (κ1) is 20.2. The molecule has 0 aliphatic rings. The molecule has 0 aliphatic carbocycles. The predicted octanol–water partition coefficient (Wildman–Crippen LogP) is 3.54. The van der Waals surface area contributed by atoms with E-state index >= 15 is 0 Å². The summed E-state index contributed by atoms with van der Waals surface area (Å²) < 4.78 is 10.8. The number of thiazole rings is 1. The van der Waals surface area contributed by atoms with Crippen molar-refractivity contribution in [3.8, 4) is 5.75 Å². The minimum Gasteiger partial charge on any atom is -0.485 e. The molecule has 0 saturated heterocycles. The highest BCUT2D eigenvalue weighted by Crippen LogP contribution is 2.23. The van der Waals surface area contributed by atoms with Crippen LogP contribution >= 0.6 is 11.3 Å². The van der Waals surface area contributed by atoms with E-state index in [9.17, 15) is 9.59 Å². The van der Waals surface area contributed by atoms with E-state index in [2.05, 4.69) is 25.6 Å². The Bertz CT molecular complexity index is 1160. The molecule has 0 radical (unpaired) electrons. The van der Waals surface area contributed by atoms with Crippen LogP contribution in [0.5, 0.6) is 5.75 Å². The van der Waals surface area contributed by atoms with Crippen molar-refractivity contribution in [2.45, 2.75) is 13.0 Å². The highest BCUT2D eigenvalue weighted by Gasteiger charge is 2.14. The summed E-state index contributed by atoms with van der Waals surface area (Å²) in [6, 6.07) is 10.3. The van der Waals surface area contributed by atoms with E-state index in [1.165, 1.54) is 17.6 Å². The summed E-state index contributed by atoms with van der Waals surface area (Å²) in [4.78, 5) is 36.9. The molecule has 4 aromatic rings. The lowest BCUT2D eigenvalue weighted by Gasteiger charge is -2.11. The van der Waals surface area contributed by atoms with Crippen LogP contribution in [0.1, 0.15) is 21.8 Å². The molecule has 4 rings (SSSR count). The number of pyridine rings is 2. The Kier molecular flexibility index (Phi) is 6.29. The van der Waals surface area contributed by atoms with Crippen molar-refractivity contribution in [1.82, 2.24) is 15.0 Å². The van der Waals surface area contributed by atoms with Gasteiger partial charge in [0.2, 0.25) is 5.91 Å². The van der Waals surface area contributed by atoms with Gasteiger partial charge in [0, 0.05) is 24.0 Å². The summed E-state index contributed by atoms with van der Waals surface area (Å²) in [6.45, 7) is 0.321. The Morgan fingerprint density at radius 2 is 1.94 bits per heavy atom. The third-order valence-corrected chi connectivity index (χ3v) is 4.84. The Balaban J connectivity index is 1.34. The predicted molar refractivity (Wildman–Crippen MR) is 114 cm³/mol. The first-order valence-electron chi connectivity index (χ1n) is 9.23. The maximum absolute atomic E-state index is 12.5. The number of aromatic nitrogens is 3. The van der Waals surface area contributed by atoms with Gasteiger partial charge in [0.05, 0.1) is 18.4 Å². The fraction of sp³-hybridized carbons (Fsp3) is 0.0952. The first-order chi connectivity index (χ1) is 15.2. The number of carbonyl (C=O) groups excluding carboxylic acids is 2. The smallest absolute Gasteiger partial charge is 0.293 e. The number of rotatable bonds is 8. The minimum absolute atomic E-state index is 0.0213. The number of hydrogen-bond donors (Lipinski definition) is 2. The minimum atomic E-state index is -0.403. The lowest BCUT2D eigenvalue weighted by atomic mass is 10.3. The Morgan fingerprint density at radius 3 is 2.74 bits per heavy atom.